The maximum Gasteiger partial charge on any atom is 0.253 e. The fraction of sp³-hybridized carbons (Fsp3) is 0.276. The van der Waals surface area contributed by atoms with E-state index < -0.39 is 5.92 Å². The predicted molar refractivity (Wildman–Crippen MR) is 144 cm³/mol. The van der Waals surface area contributed by atoms with Crippen LogP contribution in [0.4, 0.5) is 14.5 Å². The molecule has 1 fully saturated rings. The summed E-state index contributed by atoms with van der Waals surface area (Å²) < 4.78 is 28.7. The highest BCUT2D eigenvalue weighted by Crippen LogP contribution is 2.28. The van der Waals surface area contributed by atoms with Crippen LogP contribution >= 0.6 is 0 Å². The average molecular weight is 520 g/mol. The van der Waals surface area contributed by atoms with Crippen LogP contribution in [0.15, 0.2) is 84.3 Å². The summed E-state index contributed by atoms with van der Waals surface area (Å²) in [6.45, 7) is 4.13. The summed E-state index contributed by atoms with van der Waals surface area (Å²) in [5, 5.41) is 3.14. The van der Waals surface area contributed by atoms with E-state index in [2.05, 4.69) is 11.9 Å². The number of rotatable bonds is 6. The number of nitrogens with zero attached hydrogens (tertiary/aromatic N) is 4. The number of alkyl halides is 2. The van der Waals surface area contributed by atoms with E-state index in [1.54, 1.807) is 50.5 Å². The molecule has 1 N–H and O–H groups in total. The molecule has 1 saturated heterocycles. The molecule has 0 unspecified atom stereocenters. The molecule has 2 heterocycles. The van der Waals surface area contributed by atoms with E-state index in [1.807, 2.05) is 42.1 Å². The smallest absolute Gasteiger partial charge is 0.253 e. The van der Waals surface area contributed by atoms with Crippen molar-refractivity contribution >= 4 is 17.5 Å². The lowest BCUT2D eigenvalue weighted by molar-refractivity contribution is -0.0494. The van der Waals surface area contributed by atoms with Gasteiger partial charge in [0.25, 0.3) is 17.7 Å². The highest BCUT2D eigenvalue weighted by atomic mass is 19.3. The number of nitrogens with one attached hydrogen (secondary N) is 1. The number of aromatic nitrogens is 1. The van der Waals surface area contributed by atoms with E-state index in [4.69, 9.17) is 4.99 Å². The molecule has 1 aliphatic rings. The van der Waals surface area contributed by atoms with Crippen LogP contribution in [0.2, 0.25) is 0 Å². The van der Waals surface area contributed by atoms with Gasteiger partial charge in [0.2, 0.25) is 0 Å². The summed E-state index contributed by atoms with van der Waals surface area (Å²) in [4.78, 5) is 32.6. The van der Waals surface area contributed by atoms with Gasteiger partial charge in [0.05, 0.1) is 0 Å². The number of amides is 2. The molecule has 38 heavy (non-hydrogen) atoms. The maximum atomic E-state index is 13.4. The average Bonchev–Trinajstić information content (AvgIpc) is 2.89. The van der Waals surface area contributed by atoms with Crippen molar-refractivity contribution < 1.29 is 18.4 Å². The van der Waals surface area contributed by atoms with Crippen LogP contribution in [0.25, 0.3) is 11.1 Å². The molecule has 7 nitrogen and oxygen atoms in total. The Labute approximate surface area is 220 Å². The van der Waals surface area contributed by atoms with Crippen LogP contribution in [0.5, 0.6) is 0 Å². The van der Waals surface area contributed by atoms with Gasteiger partial charge in [-0.2, -0.15) is 0 Å². The third kappa shape index (κ3) is 6.16. The fourth-order valence-corrected chi connectivity index (χ4v) is 4.26. The number of pyridine rings is 1. The fourth-order valence-electron chi connectivity index (χ4n) is 4.26. The van der Waals surface area contributed by atoms with Crippen LogP contribution in [0.3, 0.4) is 0 Å². The number of hydrogen-bond donors (Lipinski definition) is 1. The van der Waals surface area contributed by atoms with Crippen LogP contribution in [0.1, 0.15) is 33.6 Å². The van der Waals surface area contributed by atoms with E-state index in [1.165, 1.54) is 9.80 Å². The van der Waals surface area contributed by atoms with Crippen molar-refractivity contribution in [3.8, 4) is 11.1 Å². The molecule has 2 aromatic carbocycles. The summed E-state index contributed by atoms with van der Waals surface area (Å²) in [7, 11) is 5.32. The Balaban J connectivity index is 1.49. The number of likely N-dealkylation sites (tertiary alicyclic amines) is 1. The zero-order valence-corrected chi connectivity index (χ0v) is 21.7. The largest absolute Gasteiger partial charge is 0.345 e. The highest BCUT2D eigenvalue weighted by Gasteiger charge is 2.35. The molecule has 0 atom stereocenters. The summed E-state index contributed by atoms with van der Waals surface area (Å²) >= 11 is 0. The lowest BCUT2D eigenvalue weighted by atomic mass is 10.0. The van der Waals surface area contributed by atoms with Crippen LogP contribution in [-0.4, -0.2) is 59.3 Å². The zero-order valence-electron chi connectivity index (χ0n) is 21.7. The lowest BCUT2D eigenvalue weighted by Crippen LogP contribution is -2.42. The number of piperidine rings is 1. The maximum absolute atomic E-state index is 13.4. The molecule has 0 aliphatic carbocycles. The molecule has 1 aliphatic heterocycles. The van der Waals surface area contributed by atoms with E-state index in [0.717, 1.165) is 11.1 Å². The first kappa shape index (κ1) is 26.8. The van der Waals surface area contributed by atoms with Gasteiger partial charge in [-0.3, -0.25) is 9.59 Å². The molecule has 198 valence electrons. The van der Waals surface area contributed by atoms with Gasteiger partial charge in [-0.15, -0.1) is 0 Å². The van der Waals surface area contributed by atoms with Crippen LogP contribution < -0.4 is 10.8 Å². The number of benzene rings is 2. The molecular formula is C29H31F2N5O2. The predicted octanol–water partition coefficient (Wildman–Crippen LogP) is 4.75. The third-order valence-corrected chi connectivity index (χ3v) is 6.44. The SMILES string of the molecule is C=C(N=c1c(-c2ccc(C(=O)N(C)C)cc2)cccn1C)Nc1ccc(C(=O)N2CCC(F)(F)CC2)cc1. The van der Waals surface area contributed by atoms with Crippen molar-refractivity contribution in [1.82, 2.24) is 14.4 Å². The minimum absolute atomic E-state index is 0.0482. The van der Waals surface area contributed by atoms with Gasteiger partial charge < -0.3 is 19.7 Å². The molecule has 0 bridgehead atoms. The van der Waals surface area contributed by atoms with E-state index in [0.29, 0.717) is 28.1 Å². The highest BCUT2D eigenvalue weighted by molar-refractivity contribution is 5.95. The van der Waals surface area contributed by atoms with Gasteiger partial charge in [0.15, 0.2) is 0 Å². The van der Waals surface area contributed by atoms with E-state index >= 15 is 0 Å². The Morgan fingerprint density at radius 2 is 1.58 bits per heavy atom. The molecule has 9 heteroatoms. The first-order chi connectivity index (χ1) is 18.0. The van der Waals surface area contributed by atoms with Gasteiger partial charge in [0.1, 0.15) is 11.3 Å². The molecule has 0 radical (unpaired) electrons. The van der Waals surface area contributed by atoms with Crippen LogP contribution in [-0.2, 0) is 7.05 Å². The topological polar surface area (TPSA) is 69.9 Å². The van der Waals surface area contributed by atoms with E-state index in [-0.39, 0.29) is 37.7 Å². The quantitative estimate of drug-likeness (QED) is 0.511. The van der Waals surface area contributed by atoms with Crippen molar-refractivity contribution in [2.24, 2.45) is 12.0 Å². The van der Waals surface area contributed by atoms with Gasteiger partial charge in [-0.1, -0.05) is 18.7 Å². The second kappa shape index (κ2) is 11.0. The van der Waals surface area contributed by atoms with Crippen molar-refractivity contribution in [3.63, 3.8) is 0 Å². The molecule has 0 saturated carbocycles. The number of aryl methyl sites for hydroxylation is 1. The molecule has 3 aromatic rings. The minimum Gasteiger partial charge on any atom is -0.345 e. The van der Waals surface area contributed by atoms with Crippen molar-refractivity contribution in [1.29, 1.82) is 0 Å². The third-order valence-electron chi connectivity index (χ3n) is 6.44. The summed E-state index contributed by atoms with van der Waals surface area (Å²) in [5.41, 5.74) is 4.17. The van der Waals surface area contributed by atoms with Crippen molar-refractivity contribution in [3.05, 3.63) is 95.9 Å². The standard InChI is InChI=1S/C29H31F2N5O2/c1-20(32-24-13-11-23(12-14-24)28(38)36-18-15-29(30,31)16-19-36)33-26-25(6-5-17-35(26)4)21-7-9-22(10-8-21)27(37)34(2)3/h5-14,17,32H,1,15-16,18-19H2,2-4H3. The first-order valence-corrected chi connectivity index (χ1v) is 12.3. The number of hydrogen-bond acceptors (Lipinski definition) is 4. The zero-order chi connectivity index (χ0) is 27.4. The molecule has 4 rings (SSSR count). The Bertz CT molecular complexity index is 1400. The summed E-state index contributed by atoms with van der Waals surface area (Å²) in [5.74, 6) is -2.62. The number of carbonyl (C=O) groups is 2. The Morgan fingerprint density at radius 1 is 0.974 bits per heavy atom. The molecule has 0 spiro atoms. The normalized spacial score (nSPS) is 15.2. The lowest BCUT2D eigenvalue weighted by Gasteiger charge is -2.31. The summed E-state index contributed by atoms with van der Waals surface area (Å²) in [6, 6.07) is 18.0. The summed E-state index contributed by atoms with van der Waals surface area (Å²) in [6.07, 6.45) is 1.27. The van der Waals surface area contributed by atoms with Gasteiger partial charge in [-0.25, -0.2) is 13.8 Å². The second-order valence-corrected chi connectivity index (χ2v) is 9.54. The number of anilines is 1. The van der Waals surface area contributed by atoms with Crippen molar-refractivity contribution in [2.75, 3.05) is 32.5 Å². The molecule has 2 amide bonds. The Morgan fingerprint density at radius 3 is 2.18 bits per heavy atom. The Kier molecular flexibility index (Phi) is 7.75. The second-order valence-electron chi connectivity index (χ2n) is 9.54. The monoisotopic (exact) mass is 519 g/mol. The molecular weight excluding hydrogens is 488 g/mol. The van der Waals surface area contributed by atoms with Gasteiger partial charge in [-0.05, 0) is 54.1 Å². The number of carbonyl (C=O) groups excluding carboxylic acids is 2. The molecule has 1 aromatic heterocycles. The van der Waals surface area contributed by atoms with Gasteiger partial charge >= 0.3 is 0 Å². The first-order valence-electron chi connectivity index (χ1n) is 12.3. The number of halogens is 2. The van der Waals surface area contributed by atoms with E-state index in [9.17, 15) is 18.4 Å². The van der Waals surface area contributed by atoms with Crippen molar-refractivity contribution in [2.45, 2.75) is 18.8 Å². The Hall–Kier alpha value is -4.27. The van der Waals surface area contributed by atoms with Crippen LogP contribution in [0, 0.1) is 0 Å². The minimum atomic E-state index is -2.70. The van der Waals surface area contributed by atoms with Gasteiger partial charge in [0, 0.05) is 75.6 Å².